The first-order chi connectivity index (χ1) is 9.73. The number of aromatic nitrogens is 2. The highest BCUT2D eigenvalue weighted by Gasteiger charge is 2.38. The van der Waals surface area contributed by atoms with E-state index in [4.69, 9.17) is 5.73 Å². The molecule has 1 atom stereocenters. The van der Waals surface area contributed by atoms with Gasteiger partial charge in [0.25, 0.3) is 0 Å². The zero-order chi connectivity index (χ0) is 14.4. The van der Waals surface area contributed by atoms with Gasteiger partial charge in [0.15, 0.2) is 0 Å². The molecule has 4 nitrogen and oxygen atoms in total. The summed E-state index contributed by atoms with van der Waals surface area (Å²) in [5.41, 5.74) is 6.88. The zero-order valence-electron chi connectivity index (χ0n) is 12.7. The smallest absolute Gasteiger partial charge is 0.102 e. The first-order valence-corrected chi connectivity index (χ1v) is 8.11. The predicted molar refractivity (Wildman–Crippen MR) is 81.3 cm³/mol. The van der Waals surface area contributed by atoms with Crippen LogP contribution in [0.15, 0.2) is 12.5 Å². The molecule has 3 N–H and O–H groups in total. The van der Waals surface area contributed by atoms with Crippen molar-refractivity contribution in [2.45, 2.75) is 70.9 Å². The normalized spacial score (nSPS) is 21.1. The lowest BCUT2D eigenvalue weighted by atomic mass is 9.71. The molecule has 0 amide bonds. The van der Waals surface area contributed by atoms with Crippen molar-refractivity contribution in [2.24, 2.45) is 11.1 Å². The first kappa shape index (κ1) is 15.5. The van der Waals surface area contributed by atoms with E-state index in [2.05, 4.69) is 16.5 Å². The average molecular weight is 279 g/mol. The molecule has 0 spiro atoms. The molecule has 114 valence electrons. The van der Waals surface area contributed by atoms with E-state index < -0.39 is 6.10 Å². The topological polar surface area (TPSA) is 64.1 Å². The number of aliphatic hydroxyl groups excluding tert-OH is 1. The molecule has 1 aliphatic carbocycles. The molecule has 1 fully saturated rings. The van der Waals surface area contributed by atoms with Gasteiger partial charge in [0.2, 0.25) is 0 Å². The van der Waals surface area contributed by atoms with Gasteiger partial charge in [-0.05, 0) is 19.3 Å². The van der Waals surface area contributed by atoms with Crippen LogP contribution < -0.4 is 5.73 Å². The molecule has 1 saturated carbocycles. The number of imidazole rings is 1. The van der Waals surface area contributed by atoms with Crippen molar-refractivity contribution in [1.29, 1.82) is 0 Å². The summed E-state index contributed by atoms with van der Waals surface area (Å²) < 4.78 is 2.08. The SMILES string of the molecule is CCCn1cncc1C(O)C1(CN)CCCCCCC1. The minimum absolute atomic E-state index is 0.161. The van der Waals surface area contributed by atoms with E-state index in [9.17, 15) is 5.11 Å². The number of nitrogens with zero attached hydrogens (tertiary/aromatic N) is 2. The maximum absolute atomic E-state index is 11.0. The Labute approximate surface area is 122 Å². The van der Waals surface area contributed by atoms with Crippen LogP contribution >= 0.6 is 0 Å². The van der Waals surface area contributed by atoms with Gasteiger partial charge in [-0.25, -0.2) is 4.98 Å². The Balaban J connectivity index is 2.21. The minimum atomic E-state index is -0.486. The Kier molecular flexibility index (Phi) is 5.61. The highest BCUT2D eigenvalue weighted by Crippen LogP contribution is 2.43. The number of aliphatic hydroxyl groups is 1. The number of rotatable bonds is 5. The highest BCUT2D eigenvalue weighted by atomic mass is 16.3. The molecule has 2 rings (SSSR count). The van der Waals surface area contributed by atoms with Gasteiger partial charge in [0.1, 0.15) is 6.10 Å². The summed E-state index contributed by atoms with van der Waals surface area (Å²) in [5.74, 6) is 0. The summed E-state index contributed by atoms with van der Waals surface area (Å²) >= 11 is 0. The maximum atomic E-state index is 11.0. The molecule has 1 aromatic rings. The van der Waals surface area contributed by atoms with Crippen LogP contribution in [0.25, 0.3) is 0 Å². The fraction of sp³-hybridized carbons (Fsp3) is 0.812. The van der Waals surface area contributed by atoms with E-state index in [-0.39, 0.29) is 5.41 Å². The molecule has 4 heteroatoms. The lowest BCUT2D eigenvalue weighted by Crippen LogP contribution is -2.38. The van der Waals surface area contributed by atoms with E-state index in [1.54, 1.807) is 0 Å². The minimum Gasteiger partial charge on any atom is -0.386 e. The molecule has 1 heterocycles. The molecule has 1 unspecified atom stereocenters. The molecule has 0 saturated heterocycles. The Hall–Kier alpha value is -0.870. The van der Waals surface area contributed by atoms with Gasteiger partial charge in [-0.3, -0.25) is 0 Å². The van der Waals surface area contributed by atoms with E-state index in [1.165, 1.54) is 32.1 Å². The van der Waals surface area contributed by atoms with E-state index in [0.717, 1.165) is 31.5 Å². The number of nitrogens with two attached hydrogens (primary N) is 1. The second kappa shape index (κ2) is 7.23. The third kappa shape index (κ3) is 3.23. The molecule has 0 aromatic carbocycles. The van der Waals surface area contributed by atoms with Gasteiger partial charge in [-0.1, -0.05) is 39.0 Å². The van der Waals surface area contributed by atoms with Gasteiger partial charge in [0.05, 0.1) is 18.2 Å². The second-order valence-electron chi connectivity index (χ2n) is 6.25. The molecule has 1 aromatic heterocycles. The van der Waals surface area contributed by atoms with Crippen LogP contribution in [0.4, 0.5) is 0 Å². The molecular formula is C16H29N3O. The summed E-state index contributed by atoms with van der Waals surface area (Å²) in [7, 11) is 0. The summed E-state index contributed by atoms with van der Waals surface area (Å²) in [6.45, 7) is 3.61. The number of aryl methyl sites for hydroxylation is 1. The van der Waals surface area contributed by atoms with Gasteiger partial charge >= 0.3 is 0 Å². The molecule has 0 aliphatic heterocycles. The Morgan fingerprint density at radius 1 is 1.30 bits per heavy atom. The highest BCUT2D eigenvalue weighted by molar-refractivity contribution is 5.09. The van der Waals surface area contributed by atoms with Crippen LogP contribution in [-0.4, -0.2) is 21.2 Å². The van der Waals surface area contributed by atoms with E-state index in [1.807, 2.05) is 12.5 Å². The summed E-state index contributed by atoms with van der Waals surface area (Å²) in [4.78, 5) is 4.23. The van der Waals surface area contributed by atoms with Gasteiger partial charge < -0.3 is 15.4 Å². The summed E-state index contributed by atoms with van der Waals surface area (Å²) in [6.07, 6.45) is 12.5. The standard InChI is InChI=1S/C16H29N3O/c1-2-10-19-13-18-11-14(19)15(20)16(12-17)8-6-4-3-5-7-9-16/h11,13,15,20H,2-10,12,17H2,1H3. The van der Waals surface area contributed by atoms with Crippen LogP contribution in [0.2, 0.25) is 0 Å². The van der Waals surface area contributed by atoms with Crippen molar-refractivity contribution < 1.29 is 5.11 Å². The van der Waals surface area contributed by atoms with Crippen LogP contribution in [0, 0.1) is 5.41 Å². The van der Waals surface area contributed by atoms with Crippen molar-refractivity contribution in [3.05, 3.63) is 18.2 Å². The van der Waals surface area contributed by atoms with Crippen molar-refractivity contribution in [3.63, 3.8) is 0 Å². The Morgan fingerprint density at radius 3 is 2.55 bits per heavy atom. The van der Waals surface area contributed by atoms with E-state index in [0.29, 0.717) is 6.54 Å². The number of hydrogen-bond donors (Lipinski definition) is 2. The van der Waals surface area contributed by atoms with Gasteiger partial charge in [0, 0.05) is 18.5 Å². The molecule has 0 radical (unpaired) electrons. The third-order valence-electron chi connectivity index (χ3n) is 4.83. The fourth-order valence-corrected chi connectivity index (χ4v) is 3.50. The fourth-order valence-electron chi connectivity index (χ4n) is 3.50. The Morgan fingerprint density at radius 2 is 1.95 bits per heavy atom. The zero-order valence-corrected chi connectivity index (χ0v) is 12.7. The lowest BCUT2D eigenvalue weighted by Gasteiger charge is -2.39. The van der Waals surface area contributed by atoms with E-state index >= 15 is 0 Å². The molecular weight excluding hydrogens is 250 g/mol. The van der Waals surface area contributed by atoms with Crippen LogP contribution in [-0.2, 0) is 6.54 Å². The largest absolute Gasteiger partial charge is 0.386 e. The van der Waals surface area contributed by atoms with Crippen molar-refractivity contribution in [1.82, 2.24) is 9.55 Å². The molecule has 1 aliphatic rings. The summed E-state index contributed by atoms with van der Waals surface area (Å²) in [5, 5.41) is 11.0. The quantitative estimate of drug-likeness (QED) is 0.871. The monoisotopic (exact) mass is 279 g/mol. The van der Waals surface area contributed by atoms with Gasteiger partial charge in [-0.2, -0.15) is 0 Å². The van der Waals surface area contributed by atoms with Crippen LogP contribution in [0.3, 0.4) is 0 Å². The van der Waals surface area contributed by atoms with Crippen molar-refractivity contribution in [2.75, 3.05) is 6.54 Å². The molecule has 0 bridgehead atoms. The molecule has 20 heavy (non-hydrogen) atoms. The summed E-state index contributed by atoms with van der Waals surface area (Å²) in [6, 6.07) is 0. The van der Waals surface area contributed by atoms with Gasteiger partial charge in [-0.15, -0.1) is 0 Å². The second-order valence-corrected chi connectivity index (χ2v) is 6.25. The average Bonchev–Trinajstić information content (AvgIpc) is 2.87. The predicted octanol–water partition coefficient (Wildman–Crippen LogP) is 3.02. The van der Waals surface area contributed by atoms with Crippen molar-refractivity contribution in [3.8, 4) is 0 Å². The van der Waals surface area contributed by atoms with Crippen molar-refractivity contribution >= 4 is 0 Å². The van der Waals surface area contributed by atoms with Crippen LogP contribution in [0.5, 0.6) is 0 Å². The lowest BCUT2D eigenvalue weighted by molar-refractivity contribution is 0.00310. The maximum Gasteiger partial charge on any atom is 0.102 e. The Bertz CT molecular complexity index is 394. The first-order valence-electron chi connectivity index (χ1n) is 8.11. The number of hydrogen-bond acceptors (Lipinski definition) is 3. The van der Waals surface area contributed by atoms with Crippen LogP contribution in [0.1, 0.15) is 70.1 Å². The third-order valence-corrected chi connectivity index (χ3v) is 4.83.